The topological polar surface area (TPSA) is 29.9 Å². The van der Waals surface area contributed by atoms with Crippen LogP contribution in [0.5, 0.6) is 0 Å². The van der Waals surface area contributed by atoms with Crippen molar-refractivity contribution in [2.75, 3.05) is 6.54 Å². The van der Waals surface area contributed by atoms with Gasteiger partial charge >= 0.3 is 0 Å². The molecule has 3 heteroatoms. The third-order valence-corrected chi connectivity index (χ3v) is 3.83. The van der Waals surface area contributed by atoms with Crippen LogP contribution < -0.4 is 5.32 Å². The van der Waals surface area contributed by atoms with Gasteiger partial charge in [-0.3, -0.25) is 4.68 Å². The van der Waals surface area contributed by atoms with E-state index in [0.717, 1.165) is 13.0 Å². The summed E-state index contributed by atoms with van der Waals surface area (Å²) in [5.41, 5.74) is 1.63. The number of rotatable bonds is 7. The maximum atomic E-state index is 4.18. The van der Waals surface area contributed by atoms with Crippen LogP contribution in [0, 0.1) is 0 Å². The molecule has 0 saturated carbocycles. The van der Waals surface area contributed by atoms with Gasteiger partial charge in [-0.05, 0) is 25.3 Å². The van der Waals surface area contributed by atoms with Gasteiger partial charge in [-0.2, -0.15) is 5.10 Å². The largest absolute Gasteiger partial charge is 0.311 e. The van der Waals surface area contributed by atoms with Gasteiger partial charge in [-0.1, -0.05) is 20.8 Å². The molecule has 16 heavy (non-hydrogen) atoms. The van der Waals surface area contributed by atoms with Crippen molar-refractivity contribution in [2.45, 2.75) is 52.0 Å². The molecule has 0 atom stereocenters. The van der Waals surface area contributed by atoms with E-state index in [0.29, 0.717) is 5.54 Å². The minimum absolute atomic E-state index is 0.332. The molecule has 1 N–H and O–H groups in total. The van der Waals surface area contributed by atoms with Crippen LogP contribution in [0.25, 0.3) is 0 Å². The fourth-order valence-corrected chi connectivity index (χ4v) is 2.23. The second-order valence-corrected chi connectivity index (χ2v) is 4.46. The lowest BCUT2D eigenvalue weighted by molar-refractivity contribution is 0.292. The third-order valence-electron chi connectivity index (χ3n) is 3.83. The van der Waals surface area contributed by atoms with Crippen LogP contribution in [0.2, 0.25) is 0 Å². The molecule has 0 aliphatic heterocycles. The summed E-state index contributed by atoms with van der Waals surface area (Å²) in [4.78, 5) is 0. The summed E-state index contributed by atoms with van der Waals surface area (Å²) in [6.07, 6.45) is 6.52. The molecular formula is C13H25N3. The van der Waals surface area contributed by atoms with Crippen LogP contribution in [-0.2, 0) is 13.5 Å². The van der Waals surface area contributed by atoms with Crippen LogP contribution in [0.1, 0.15) is 45.7 Å². The highest BCUT2D eigenvalue weighted by Gasteiger charge is 2.22. The number of aryl methyl sites for hydroxylation is 1. The van der Waals surface area contributed by atoms with Gasteiger partial charge < -0.3 is 5.32 Å². The van der Waals surface area contributed by atoms with E-state index in [1.807, 2.05) is 17.9 Å². The van der Waals surface area contributed by atoms with E-state index >= 15 is 0 Å². The van der Waals surface area contributed by atoms with Crippen molar-refractivity contribution in [2.24, 2.45) is 7.05 Å². The molecular weight excluding hydrogens is 198 g/mol. The van der Waals surface area contributed by atoms with Crippen LogP contribution >= 0.6 is 0 Å². The summed E-state index contributed by atoms with van der Waals surface area (Å²) in [7, 11) is 2.00. The van der Waals surface area contributed by atoms with Crippen molar-refractivity contribution in [3.05, 3.63) is 18.0 Å². The predicted molar refractivity (Wildman–Crippen MR) is 68.5 cm³/mol. The molecule has 1 aromatic heterocycles. The Bertz CT molecular complexity index is 292. The maximum absolute atomic E-state index is 4.18. The molecule has 0 saturated heterocycles. The van der Waals surface area contributed by atoms with E-state index in [1.165, 1.54) is 25.0 Å². The quantitative estimate of drug-likeness (QED) is 0.770. The fourth-order valence-electron chi connectivity index (χ4n) is 2.23. The lowest BCUT2D eigenvalue weighted by Gasteiger charge is -2.32. The highest BCUT2D eigenvalue weighted by molar-refractivity contribution is 5.00. The van der Waals surface area contributed by atoms with Crippen molar-refractivity contribution in [1.29, 1.82) is 0 Å². The Hall–Kier alpha value is -0.830. The van der Waals surface area contributed by atoms with Gasteiger partial charge in [-0.25, -0.2) is 0 Å². The molecule has 0 spiro atoms. The Labute approximate surface area is 99.2 Å². The van der Waals surface area contributed by atoms with Crippen LogP contribution in [0.3, 0.4) is 0 Å². The summed E-state index contributed by atoms with van der Waals surface area (Å²) in [6.45, 7) is 7.84. The highest BCUT2D eigenvalue weighted by Crippen LogP contribution is 2.18. The van der Waals surface area contributed by atoms with Gasteiger partial charge in [0.05, 0.1) is 0 Å². The van der Waals surface area contributed by atoms with E-state index < -0.39 is 0 Å². The third kappa shape index (κ3) is 3.08. The molecule has 92 valence electrons. The highest BCUT2D eigenvalue weighted by atomic mass is 15.3. The van der Waals surface area contributed by atoms with Crippen molar-refractivity contribution in [3.8, 4) is 0 Å². The van der Waals surface area contributed by atoms with Gasteiger partial charge in [-0.15, -0.1) is 0 Å². The molecule has 0 fully saturated rings. The first-order valence-corrected chi connectivity index (χ1v) is 6.39. The molecule has 1 aromatic rings. The van der Waals surface area contributed by atoms with Crippen LogP contribution in [-0.4, -0.2) is 21.9 Å². The Balaban J connectivity index is 2.42. The molecule has 0 bridgehead atoms. The minimum Gasteiger partial charge on any atom is -0.311 e. The van der Waals surface area contributed by atoms with E-state index in [9.17, 15) is 0 Å². The van der Waals surface area contributed by atoms with Crippen molar-refractivity contribution in [1.82, 2.24) is 15.1 Å². The van der Waals surface area contributed by atoms with E-state index in [2.05, 4.69) is 37.3 Å². The molecule has 0 radical (unpaired) electrons. The summed E-state index contributed by atoms with van der Waals surface area (Å²) in [5.74, 6) is 0. The first-order chi connectivity index (χ1) is 7.67. The van der Waals surface area contributed by atoms with E-state index in [4.69, 9.17) is 0 Å². The smallest absolute Gasteiger partial charge is 0.0492 e. The van der Waals surface area contributed by atoms with E-state index in [-0.39, 0.29) is 0 Å². The molecule has 0 amide bonds. The van der Waals surface area contributed by atoms with Gasteiger partial charge in [0.25, 0.3) is 0 Å². The zero-order valence-electron chi connectivity index (χ0n) is 11.1. The Morgan fingerprint density at radius 2 is 1.88 bits per heavy atom. The molecule has 3 nitrogen and oxygen atoms in total. The zero-order chi connectivity index (χ0) is 12.0. The van der Waals surface area contributed by atoms with Gasteiger partial charge in [0.2, 0.25) is 0 Å². The monoisotopic (exact) mass is 223 g/mol. The normalized spacial score (nSPS) is 12.0. The average Bonchev–Trinajstić information content (AvgIpc) is 2.71. The Morgan fingerprint density at radius 3 is 2.31 bits per heavy atom. The zero-order valence-corrected chi connectivity index (χ0v) is 11.1. The number of aromatic nitrogens is 2. The predicted octanol–water partition coefficient (Wildman–Crippen LogP) is 2.52. The molecule has 0 aliphatic carbocycles. The van der Waals surface area contributed by atoms with Gasteiger partial charge in [0, 0.05) is 37.4 Å². The molecule has 1 heterocycles. The Kier molecular flexibility index (Phi) is 5.00. The summed E-state index contributed by atoms with van der Waals surface area (Å²) in [6, 6.07) is 2.09. The van der Waals surface area contributed by atoms with Gasteiger partial charge in [0.15, 0.2) is 0 Å². The fraction of sp³-hybridized carbons (Fsp3) is 0.769. The summed E-state index contributed by atoms with van der Waals surface area (Å²) in [5, 5.41) is 7.89. The first-order valence-electron chi connectivity index (χ1n) is 6.39. The average molecular weight is 223 g/mol. The van der Waals surface area contributed by atoms with E-state index in [1.54, 1.807) is 0 Å². The lowest BCUT2D eigenvalue weighted by Crippen LogP contribution is -2.44. The van der Waals surface area contributed by atoms with Crippen molar-refractivity contribution >= 4 is 0 Å². The minimum atomic E-state index is 0.332. The number of nitrogens with zero attached hydrogens (tertiary/aromatic N) is 2. The summed E-state index contributed by atoms with van der Waals surface area (Å²) >= 11 is 0. The first kappa shape index (κ1) is 13.2. The van der Waals surface area contributed by atoms with Crippen molar-refractivity contribution < 1.29 is 0 Å². The number of nitrogens with one attached hydrogen (secondary N) is 1. The molecule has 0 aliphatic rings. The second kappa shape index (κ2) is 6.04. The standard InChI is InChI=1S/C13H25N3/c1-5-13(6-2,7-3)14-10-8-12-9-11-15-16(12)4/h9,11,14H,5-8,10H2,1-4H3. The number of hydrogen-bond acceptors (Lipinski definition) is 2. The second-order valence-electron chi connectivity index (χ2n) is 4.46. The lowest BCUT2D eigenvalue weighted by atomic mass is 9.90. The molecule has 1 rings (SSSR count). The van der Waals surface area contributed by atoms with Crippen LogP contribution in [0.15, 0.2) is 12.3 Å². The molecule has 0 unspecified atom stereocenters. The number of hydrogen-bond donors (Lipinski definition) is 1. The molecule has 0 aromatic carbocycles. The maximum Gasteiger partial charge on any atom is 0.0492 e. The van der Waals surface area contributed by atoms with Crippen molar-refractivity contribution in [3.63, 3.8) is 0 Å². The Morgan fingerprint density at radius 1 is 1.25 bits per heavy atom. The summed E-state index contributed by atoms with van der Waals surface area (Å²) < 4.78 is 1.95. The SMILES string of the molecule is CCC(CC)(CC)NCCc1ccnn1C. The van der Waals surface area contributed by atoms with Crippen LogP contribution in [0.4, 0.5) is 0 Å². The van der Waals surface area contributed by atoms with Gasteiger partial charge in [0.1, 0.15) is 0 Å².